The lowest BCUT2D eigenvalue weighted by molar-refractivity contribution is 0.0788. The maximum atomic E-state index is 11.6. The Morgan fingerprint density at radius 3 is 2.39 bits per heavy atom. The molecular formula is C12H22N2O4. The molecule has 1 N–H and O–H groups in total. The number of methoxy groups -OCH3 is 2. The van der Waals surface area contributed by atoms with Gasteiger partial charge in [0.2, 0.25) is 0 Å². The van der Waals surface area contributed by atoms with E-state index in [4.69, 9.17) is 4.74 Å². The van der Waals surface area contributed by atoms with Gasteiger partial charge >= 0.3 is 12.2 Å². The second-order valence-corrected chi connectivity index (χ2v) is 4.95. The van der Waals surface area contributed by atoms with Crippen LogP contribution in [0.1, 0.15) is 20.3 Å². The van der Waals surface area contributed by atoms with E-state index in [-0.39, 0.29) is 12.1 Å². The Morgan fingerprint density at radius 2 is 1.89 bits per heavy atom. The Kier molecular flexibility index (Phi) is 5.25. The third kappa shape index (κ3) is 3.78. The summed E-state index contributed by atoms with van der Waals surface area (Å²) in [5.74, 6) is 0.791. The van der Waals surface area contributed by atoms with E-state index >= 15 is 0 Å². The van der Waals surface area contributed by atoms with Crippen LogP contribution in [0.4, 0.5) is 9.59 Å². The number of likely N-dealkylation sites (tertiary alicyclic amines) is 1. The molecule has 0 radical (unpaired) electrons. The summed E-state index contributed by atoms with van der Waals surface area (Å²) in [6.45, 7) is 5.36. The number of piperidine rings is 1. The fourth-order valence-electron chi connectivity index (χ4n) is 2.23. The van der Waals surface area contributed by atoms with Crippen molar-refractivity contribution in [3.05, 3.63) is 0 Å². The molecule has 6 nitrogen and oxygen atoms in total. The number of nitrogens with one attached hydrogen (secondary N) is 1. The number of ether oxygens (including phenoxy) is 2. The highest BCUT2D eigenvalue weighted by Gasteiger charge is 2.32. The number of amides is 2. The molecule has 104 valence electrons. The molecule has 2 amide bonds. The smallest absolute Gasteiger partial charge is 0.409 e. The van der Waals surface area contributed by atoms with E-state index in [0.29, 0.717) is 24.9 Å². The van der Waals surface area contributed by atoms with Gasteiger partial charge in [-0.05, 0) is 18.3 Å². The molecule has 0 aromatic rings. The first kappa shape index (κ1) is 14.6. The van der Waals surface area contributed by atoms with E-state index in [9.17, 15) is 9.59 Å². The highest BCUT2D eigenvalue weighted by molar-refractivity contribution is 5.69. The fraction of sp³-hybridized carbons (Fsp3) is 0.833. The topological polar surface area (TPSA) is 67.9 Å². The van der Waals surface area contributed by atoms with Gasteiger partial charge in [-0.15, -0.1) is 0 Å². The highest BCUT2D eigenvalue weighted by Crippen LogP contribution is 2.24. The minimum Gasteiger partial charge on any atom is -0.453 e. The van der Waals surface area contributed by atoms with Gasteiger partial charge in [0, 0.05) is 13.1 Å². The second kappa shape index (κ2) is 6.47. The van der Waals surface area contributed by atoms with Crippen molar-refractivity contribution >= 4 is 12.2 Å². The third-order valence-corrected chi connectivity index (χ3v) is 3.37. The molecule has 1 saturated heterocycles. The largest absolute Gasteiger partial charge is 0.453 e. The minimum absolute atomic E-state index is 0.0855. The monoisotopic (exact) mass is 258 g/mol. The first-order valence-corrected chi connectivity index (χ1v) is 6.15. The lowest BCUT2D eigenvalue weighted by Crippen LogP contribution is -2.53. The van der Waals surface area contributed by atoms with E-state index in [1.807, 2.05) is 0 Å². The van der Waals surface area contributed by atoms with E-state index in [2.05, 4.69) is 23.9 Å². The van der Waals surface area contributed by atoms with Crippen LogP contribution in [0.3, 0.4) is 0 Å². The molecule has 1 heterocycles. The predicted molar refractivity (Wildman–Crippen MR) is 66.3 cm³/mol. The Bertz CT molecular complexity index is 306. The first-order chi connectivity index (χ1) is 8.47. The molecule has 2 atom stereocenters. The van der Waals surface area contributed by atoms with Crippen molar-refractivity contribution in [2.75, 3.05) is 27.3 Å². The fourth-order valence-corrected chi connectivity index (χ4v) is 2.23. The van der Waals surface area contributed by atoms with Crippen molar-refractivity contribution in [2.24, 2.45) is 11.8 Å². The summed E-state index contributed by atoms with van der Waals surface area (Å²) in [4.78, 5) is 24.5. The van der Waals surface area contributed by atoms with Gasteiger partial charge in [-0.25, -0.2) is 9.59 Å². The van der Waals surface area contributed by atoms with E-state index in [1.165, 1.54) is 14.2 Å². The molecule has 18 heavy (non-hydrogen) atoms. The molecular weight excluding hydrogens is 236 g/mol. The average Bonchev–Trinajstić information content (AvgIpc) is 2.37. The molecule has 0 bridgehead atoms. The van der Waals surface area contributed by atoms with Gasteiger partial charge in [-0.2, -0.15) is 0 Å². The Labute approximate surface area is 108 Å². The standard InChI is InChI=1S/C12H22N2O4/c1-8(2)9-5-10(13-11(15)17-3)7-14(6-9)12(16)18-4/h8-10H,5-7H2,1-4H3,(H,13,15). The van der Waals surface area contributed by atoms with Crippen LogP contribution in [-0.2, 0) is 9.47 Å². The van der Waals surface area contributed by atoms with Crippen LogP contribution < -0.4 is 5.32 Å². The molecule has 0 spiro atoms. The highest BCUT2D eigenvalue weighted by atomic mass is 16.5. The maximum absolute atomic E-state index is 11.6. The van der Waals surface area contributed by atoms with Crippen molar-refractivity contribution in [2.45, 2.75) is 26.3 Å². The third-order valence-electron chi connectivity index (χ3n) is 3.37. The Morgan fingerprint density at radius 1 is 1.22 bits per heavy atom. The lowest BCUT2D eigenvalue weighted by atomic mass is 9.86. The van der Waals surface area contributed by atoms with Gasteiger partial charge in [0.1, 0.15) is 0 Å². The SMILES string of the molecule is COC(=O)NC1CC(C(C)C)CN(C(=O)OC)C1. The number of alkyl carbamates (subject to hydrolysis) is 1. The van der Waals surface area contributed by atoms with Crippen molar-refractivity contribution in [3.63, 3.8) is 0 Å². The van der Waals surface area contributed by atoms with Gasteiger partial charge < -0.3 is 19.7 Å². The van der Waals surface area contributed by atoms with E-state index < -0.39 is 6.09 Å². The van der Waals surface area contributed by atoms with Crippen LogP contribution >= 0.6 is 0 Å². The van der Waals surface area contributed by atoms with Gasteiger partial charge in [-0.3, -0.25) is 0 Å². The van der Waals surface area contributed by atoms with E-state index in [0.717, 1.165) is 6.42 Å². The summed E-state index contributed by atoms with van der Waals surface area (Å²) in [6.07, 6.45) is 0.0338. The lowest BCUT2D eigenvalue weighted by Gasteiger charge is -2.38. The van der Waals surface area contributed by atoms with Crippen molar-refractivity contribution in [3.8, 4) is 0 Å². The molecule has 0 aliphatic carbocycles. The quantitative estimate of drug-likeness (QED) is 0.814. The summed E-state index contributed by atoms with van der Waals surface area (Å²) >= 11 is 0. The first-order valence-electron chi connectivity index (χ1n) is 6.15. The molecule has 0 saturated carbocycles. The molecule has 2 unspecified atom stereocenters. The molecule has 1 aliphatic rings. The van der Waals surface area contributed by atoms with Gasteiger partial charge in [0.05, 0.1) is 20.3 Å². The molecule has 1 rings (SSSR count). The van der Waals surface area contributed by atoms with Gasteiger partial charge in [0.25, 0.3) is 0 Å². The van der Waals surface area contributed by atoms with Crippen molar-refractivity contribution < 1.29 is 19.1 Å². The number of carbonyl (C=O) groups is 2. The van der Waals surface area contributed by atoms with E-state index in [1.54, 1.807) is 4.90 Å². The Hall–Kier alpha value is -1.46. The number of hydrogen-bond acceptors (Lipinski definition) is 4. The number of nitrogens with zero attached hydrogens (tertiary/aromatic N) is 1. The number of carbonyl (C=O) groups excluding carboxylic acids is 2. The van der Waals surface area contributed by atoms with Crippen LogP contribution in [-0.4, -0.2) is 50.4 Å². The zero-order valence-corrected chi connectivity index (χ0v) is 11.4. The number of rotatable bonds is 2. The second-order valence-electron chi connectivity index (χ2n) is 4.95. The van der Waals surface area contributed by atoms with Crippen molar-refractivity contribution in [1.29, 1.82) is 0 Å². The van der Waals surface area contributed by atoms with Crippen LogP contribution in [0.25, 0.3) is 0 Å². The zero-order valence-electron chi connectivity index (χ0n) is 11.4. The zero-order chi connectivity index (χ0) is 13.7. The van der Waals surface area contributed by atoms with Crippen molar-refractivity contribution in [1.82, 2.24) is 10.2 Å². The number of hydrogen-bond donors (Lipinski definition) is 1. The minimum atomic E-state index is -0.464. The van der Waals surface area contributed by atoms with Crippen LogP contribution in [0, 0.1) is 11.8 Å². The molecule has 0 aromatic heterocycles. The van der Waals surface area contributed by atoms with Crippen LogP contribution in [0.5, 0.6) is 0 Å². The summed E-state index contributed by atoms with van der Waals surface area (Å²) < 4.78 is 9.33. The molecule has 6 heteroatoms. The maximum Gasteiger partial charge on any atom is 0.409 e. The van der Waals surface area contributed by atoms with Gasteiger partial charge in [-0.1, -0.05) is 13.8 Å². The molecule has 1 aliphatic heterocycles. The van der Waals surface area contributed by atoms with Crippen LogP contribution in [0.2, 0.25) is 0 Å². The predicted octanol–water partition coefficient (Wildman–Crippen LogP) is 1.46. The summed E-state index contributed by atoms with van der Waals surface area (Å²) in [6, 6.07) is -0.0855. The molecule has 0 aromatic carbocycles. The van der Waals surface area contributed by atoms with Crippen LogP contribution in [0.15, 0.2) is 0 Å². The average molecular weight is 258 g/mol. The normalized spacial score (nSPS) is 23.7. The summed E-state index contributed by atoms with van der Waals surface area (Å²) in [5.41, 5.74) is 0. The summed E-state index contributed by atoms with van der Waals surface area (Å²) in [5, 5.41) is 2.75. The molecule has 1 fully saturated rings. The summed E-state index contributed by atoms with van der Waals surface area (Å²) in [7, 11) is 2.69. The Balaban J connectivity index is 2.68. The van der Waals surface area contributed by atoms with Gasteiger partial charge in [0.15, 0.2) is 0 Å².